The molecule has 0 unspecified atom stereocenters. The Morgan fingerprint density at radius 1 is 1.09 bits per heavy atom. The van der Waals surface area contributed by atoms with E-state index < -0.39 is 23.4 Å². The summed E-state index contributed by atoms with van der Waals surface area (Å²) in [6, 6.07) is 6.08. The fourth-order valence-corrected chi connectivity index (χ4v) is 2.75. The molecule has 3 nitrogen and oxygen atoms in total. The Bertz CT molecular complexity index is 853. The average Bonchev–Trinajstić information content (AvgIpc) is 2.83. The van der Waals surface area contributed by atoms with Gasteiger partial charge >= 0.3 is 0 Å². The normalized spacial score (nSPS) is 10.9. The van der Waals surface area contributed by atoms with E-state index in [0.717, 1.165) is 29.5 Å². The van der Waals surface area contributed by atoms with Crippen molar-refractivity contribution in [3.05, 3.63) is 58.9 Å². The molecule has 3 aromatic rings. The third-order valence-electron chi connectivity index (χ3n) is 3.08. The highest BCUT2D eigenvalue weighted by Gasteiger charge is 2.13. The van der Waals surface area contributed by atoms with E-state index in [1.807, 2.05) is 0 Å². The first kappa shape index (κ1) is 14.5. The zero-order valence-electron chi connectivity index (χ0n) is 11.3. The molecule has 0 aliphatic carbocycles. The Balaban J connectivity index is 1.89. The van der Waals surface area contributed by atoms with E-state index >= 15 is 0 Å². The minimum Gasteiger partial charge on any atom is -0.298 e. The lowest BCUT2D eigenvalue weighted by molar-refractivity contribution is 0.102. The molecule has 0 bridgehead atoms. The number of halogens is 3. The van der Waals surface area contributed by atoms with Crippen LogP contribution in [0.5, 0.6) is 0 Å². The second-order valence-electron chi connectivity index (χ2n) is 4.67. The number of carbonyl (C=O) groups excluding carboxylic acids is 1. The van der Waals surface area contributed by atoms with Crippen LogP contribution in [0.25, 0.3) is 10.2 Å². The fraction of sp³-hybridized carbons (Fsp3) is 0.0667. The molecule has 1 aromatic heterocycles. The summed E-state index contributed by atoms with van der Waals surface area (Å²) in [5.41, 5.74) is 0.816. The minimum absolute atomic E-state index is 0.139. The van der Waals surface area contributed by atoms with Crippen molar-refractivity contribution in [1.82, 2.24) is 4.98 Å². The molecule has 7 heteroatoms. The predicted octanol–water partition coefficient (Wildman–Crippen LogP) is 4.27. The number of fused-ring (bicyclic) bond motifs is 1. The third kappa shape index (κ3) is 2.67. The highest BCUT2D eigenvalue weighted by atomic mass is 32.1. The summed E-state index contributed by atoms with van der Waals surface area (Å²) in [6.45, 7) is 1.59. The van der Waals surface area contributed by atoms with Gasteiger partial charge in [0, 0.05) is 11.6 Å². The first-order valence-corrected chi connectivity index (χ1v) is 7.09. The molecule has 0 aliphatic rings. The van der Waals surface area contributed by atoms with Gasteiger partial charge in [0.15, 0.2) is 16.8 Å². The van der Waals surface area contributed by atoms with Gasteiger partial charge in [0.05, 0.1) is 10.2 Å². The van der Waals surface area contributed by atoms with Gasteiger partial charge in [-0.3, -0.25) is 10.1 Å². The van der Waals surface area contributed by atoms with Crippen LogP contribution in [0, 0.1) is 24.4 Å². The molecule has 3 rings (SSSR count). The second-order valence-corrected chi connectivity index (χ2v) is 5.70. The number of aromatic nitrogens is 1. The summed E-state index contributed by atoms with van der Waals surface area (Å²) in [4.78, 5) is 16.0. The number of nitrogens with one attached hydrogen (secondary N) is 1. The average molecular weight is 322 g/mol. The molecule has 112 valence electrons. The van der Waals surface area contributed by atoms with Crippen molar-refractivity contribution < 1.29 is 18.0 Å². The van der Waals surface area contributed by atoms with Gasteiger partial charge < -0.3 is 0 Å². The van der Waals surface area contributed by atoms with Crippen LogP contribution in [0.1, 0.15) is 15.9 Å². The number of hydrogen-bond donors (Lipinski definition) is 1. The number of nitrogens with zero attached hydrogens (tertiary/aromatic N) is 1. The molecule has 0 saturated carbocycles. The SMILES string of the molecule is Cc1ccc(C(=O)Nc2nc3cc(F)c(F)cc3s2)cc1F. The number of carbonyl (C=O) groups is 1. The Morgan fingerprint density at radius 3 is 2.55 bits per heavy atom. The van der Waals surface area contributed by atoms with Crippen molar-refractivity contribution in [3.8, 4) is 0 Å². The summed E-state index contributed by atoms with van der Waals surface area (Å²) in [5.74, 6) is -3.01. The molecule has 0 spiro atoms. The molecule has 2 aromatic carbocycles. The van der Waals surface area contributed by atoms with Crippen molar-refractivity contribution in [1.29, 1.82) is 0 Å². The summed E-state index contributed by atoms with van der Waals surface area (Å²) < 4.78 is 40.1. The van der Waals surface area contributed by atoms with Crippen molar-refractivity contribution in [2.24, 2.45) is 0 Å². The van der Waals surface area contributed by atoms with Crippen LogP contribution < -0.4 is 5.32 Å². The minimum atomic E-state index is -1.00. The van der Waals surface area contributed by atoms with Gasteiger partial charge in [0.25, 0.3) is 5.91 Å². The van der Waals surface area contributed by atoms with Crippen LogP contribution in [-0.4, -0.2) is 10.9 Å². The van der Waals surface area contributed by atoms with Crippen LogP contribution >= 0.6 is 11.3 Å². The van der Waals surface area contributed by atoms with Crippen molar-refractivity contribution >= 4 is 32.6 Å². The molecule has 22 heavy (non-hydrogen) atoms. The van der Waals surface area contributed by atoms with Gasteiger partial charge in [0.1, 0.15) is 5.82 Å². The summed E-state index contributed by atoms with van der Waals surface area (Å²) >= 11 is 1.01. The lowest BCUT2D eigenvalue weighted by Crippen LogP contribution is -2.12. The molecule has 0 radical (unpaired) electrons. The zero-order valence-corrected chi connectivity index (χ0v) is 12.1. The smallest absolute Gasteiger partial charge is 0.257 e. The molecule has 0 saturated heterocycles. The summed E-state index contributed by atoms with van der Waals surface area (Å²) in [7, 11) is 0. The number of amides is 1. The number of benzene rings is 2. The fourth-order valence-electron chi connectivity index (χ4n) is 1.88. The largest absolute Gasteiger partial charge is 0.298 e. The summed E-state index contributed by atoms with van der Waals surface area (Å²) in [6.07, 6.45) is 0. The van der Waals surface area contributed by atoms with Gasteiger partial charge in [-0.1, -0.05) is 17.4 Å². The number of thiazole rings is 1. The Labute approximate surface area is 127 Å². The first-order valence-electron chi connectivity index (χ1n) is 6.27. The Kier molecular flexibility index (Phi) is 3.58. The van der Waals surface area contributed by atoms with Crippen molar-refractivity contribution in [3.63, 3.8) is 0 Å². The van der Waals surface area contributed by atoms with Crippen LogP contribution in [0.2, 0.25) is 0 Å². The van der Waals surface area contributed by atoms with E-state index in [1.54, 1.807) is 6.92 Å². The van der Waals surface area contributed by atoms with E-state index in [4.69, 9.17) is 0 Å². The zero-order chi connectivity index (χ0) is 15.9. The summed E-state index contributed by atoms with van der Waals surface area (Å²) in [5, 5.41) is 2.68. The van der Waals surface area contributed by atoms with Crippen LogP contribution in [0.3, 0.4) is 0 Å². The highest BCUT2D eigenvalue weighted by molar-refractivity contribution is 7.22. The van der Waals surface area contributed by atoms with Crippen LogP contribution in [0.4, 0.5) is 18.3 Å². The van der Waals surface area contributed by atoms with E-state index in [9.17, 15) is 18.0 Å². The van der Waals surface area contributed by atoms with Gasteiger partial charge in [0.2, 0.25) is 0 Å². The van der Waals surface area contributed by atoms with E-state index in [2.05, 4.69) is 10.3 Å². The van der Waals surface area contributed by atoms with E-state index in [0.29, 0.717) is 10.3 Å². The molecule has 1 amide bonds. The van der Waals surface area contributed by atoms with Gasteiger partial charge in [-0.2, -0.15) is 0 Å². The van der Waals surface area contributed by atoms with Crippen LogP contribution in [0.15, 0.2) is 30.3 Å². The molecular formula is C15H9F3N2OS. The number of rotatable bonds is 2. The van der Waals surface area contributed by atoms with Crippen molar-refractivity contribution in [2.45, 2.75) is 6.92 Å². The lowest BCUT2D eigenvalue weighted by atomic mass is 10.1. The molecule has 1 N–H and O–H groups in total. The third-order valence-corrected chi connectivity index (χ3v) is 4.02. The standard InChI is InChI=1S/C15H9F3N2OS/c1-7-2-3-8(4-9(7)16)14(21)20-15-19-12-5-10(17)11(18)6-13(12)22-15/h2-6H,1H3,(H,19,20,21). The molecular weight excluding hydrogens is 313 g/mol. The number of aryl methyl sites for hydroxylation is 1. The van der Waals surface area contributed by atoms with Gasteiger partial charge in [-0.25, -0.2) is 18.2 Å². The number of hydrogen-bond acceptors (Lipinski definition) is 3. The topological polar surface area (TPSA) is 42.0 Å². The monoisotopic (exact) mass is 322 g/mol. The van der Waals surface area contributed by atoms with E-state index in [1.165, 1.54) is 12.1 Å². The second kappa shape index (κ2) is 5.42. The van der Waals surface area contributed by atoms with Crippen LogP contribution in [-0.2, 0) is 0 Å². The number of anilines is 1. The molecule has 1 heterocycles. The maximum atomic E-state index is 13.5. The first-order chi connectivity index (χ1) is 10.4. The van der Waals surface area contributed by atoms with E-state index in [-0.39, 0.29) is 16.2 Å². The maximum Gasteiger partial charge on any atom is 0.257 e. The van der Waals surface area contributed by atoms with Gasteiger partial charge in [-0.15, -0.1) is 0 Å². The lowest BCUT2D eigenvalue weighted by Gasteiger charge is -2.03. The Hall–Kier alpha value is -2.41. The highest BCUT2D eigenvalue weighted by Crippen LogP contribution is 2.28. The van der Waals surface area contributed by atoms with Crippen molar-refractivity contribution in [2.75, 3.05) is 5.32 Å². The van der Waals surface area contributed by atoms with Gasteiger partial charge in [-0.05, 0) is 30.7 Å². The molecule has 0 atom stereocenters. The Morgan fingerprint density at radius 2 is 1.82 bits per heavy atom. The quantitative estimate of drug-likeness (QED) is 0.765. The molecule has 0 fully saturated rings. The molecule has 0 aliphatic heterocycles. The predicted molar refractivity (Wildman–Crippen MR) is 78.6 cm³/mol. The maximum absolute atomic E-state index is 13.5.